The van der Waals surface area contributed by atoms with Gasteiger partial charge in [0.25, 0.3) is 0 Å². The fourth-order valence-corrected chi connectivity index (χ4v) is 0.268. The molecule has 8 heavy (non-hydrogen) atoms. The molecule has 0 bridgehead atoms. The maximum Gasteiger partial charge on any atom is 0.0873 e. The van der Waals surface area contributed by atoms with Crippen LogP contribution in [0.25, 0.3) is 0 Å². The molecule has 0 saturated heterocycles. The summed E-state index contributed by atoms with van der Waals surface area (Å²) in [6.07, 6.45) is 0. The van der Waals surface area contributed by atoms with Crippen LogP contribution in [0.15, 0.2) is 17.3 Å². The van der Waals surface area contributed by atoms with E-state index < -0.39 is 0 Å². The summed E-state index contributed by atoms with van der Waals surface area (Å²) in [5.41, 5.74) is 1.02. The van der Waals surface area contributed by atoms with Crippen LogP contribution in [0.1, 0.15) is 13.8 Å². The van der Waals surface area contributed by atoms with Crippen LogP contribution in [-0.2, 0) is 0 Å². The SMILES string of the molecule is C=C(C)C(C)CN=O. The van der Waals surface area contributed by atoms with Crippen molar-refractivity contribution in [1.29, 1.82) is 0 Å². The number of nitrogens with zero attached hydrogens (tertiary/aromatic N) is 1. The van der Waals surface area contributed by atoms with E-state index in [1.807, 2.05) is 13.8 Å². The molecule has 0 aliphatic heterocycles. The minimum absolute atomic E-state index is 0.243. The summed E-state index contributed by atoms with van der Waals surface area (Å²) in [4.78, 5) is 9.63. The van der Waals surface area contributed by atoms with E-state index in [9.17, 15) is 4.91 Å². The zero-order valence-electron chi connectivity index (χ0n) is 5.35. The lowest BCUT2D eigenvalue weighted by molar-refractivity contribution is 0.695. The van der Waals surface area contributed by atoms with Gasteiger partial charge in [0, 0.05) is 0 Å². The second-order valence-electron chi connectivity index (χ2n) is 2.06. The van der Waals surface area contributed by atoms with E-state index in [1.165, 1.54) is 0 Å². The molecule has 0 amide bonds. The highest BCUT2D eigenvalue weighted by atomic mass is 16.3. The third-order valence-corrected chi connectivity index (χ3v) is 1.19. The predicted octanol–water partition coefficient (Wildman–Crippen LogP) is 1.97. The molecule has 1 unspecified atom stereocenters. The van der Waals surface area contributed by atoms with E-state index in [0.717, 1.165) is 5.57 Å². The first-order valence-electron chi connectivity index (χ1n) is 2.63. The fourth-order valence-electron chi connectivity index (χ4n) is 0.268. The summed E-state index contributed by atoms with van der Waals surface area (Å²) in [5, 5.41) is 2.75. The van der Waals surface area contributed by atoms with Crippen LogP contribution in [0.5, 0.6) is 0 Å². The number of nitroso groups, excluding NO2 is 1. The Bertz CT molecular complexity index is 98.7. The van der Waals surface area contributed by atoms with Crippen LogP contribution < -0.4 is 0 Å². The Morgan fingerprint density at radius 3 is 2.50 bits per heavy atom. The van der Waals surface area contributed by atoms with Crippen molar-refractivity contribution in [2.75, 3.05) is 6.54 Å². The van der Waals surface area contributed by atoms with Crippen molar-refractivity contribution in [2.45, 2.75) is 13.8 Å². The summed E-state index contributed by atoms with van der Waals surface area (Å²) in [5.74, 6) is 0.243. The van der Waals surface area contributed by atoms with Gasteiger partial charge >= 0.3 is 0 Å². The average Bonchev–Trinajstić information content (AvgIpc) is 1.67. The molecule has 1 atom stereocenters. The molecule has 0 rings (SSSR count). The number of hydrogen-bond donors (Lipinski definition) is 0. The topological polar surface area (TPSA) is 29.4 Å². The van der Waals surface area contributed by atoms with Gasteiger partial charge in [-0.1, -0.05) is 24.3 Å². The molecule has 0 heterocycles. The van der Waals surface area contributed by atoms with Gasteiger partial charge in [-0.05, 0) is 12.8 Å². The van der Waals surface area contributed by atoms with Gasteiger partial charge in [0.1, 0.15) is 0 Å². The van der Waals surface area contributed by atoms with E-state index in [1.54, 1.807) is 0 Å². The van der Waals surface area contributed by atoms with Crippen molar-refractivity contribution in [3.05, 3.63) is 17.1 Å². The van der Waals surface area contributed by atoms with Gasteiger partial charge in [0.15, 0.2) is 0 Å². The van der Waals surface area contributed by atoms with Crippen LogP contribution in [-0.4, -0.2) is 6.54 Å². The number of hydrogen-bond acceptors (Lipinski definition) is 2. The van der Waals surface area contributed by atoms with Crippen molar-refractivity contribution in [2.24, 2.45) is 11.1 Å². The Labute approximate surface area is 49.6 Å². The predicted molar refractivity (Wildman–Crippen MR) is 34.6 cm³/mol. The van der Waals surface area contributed by atoms with Crippen molar-refractivity contribution >= 4 is 0 Å². The zero-order valence-corrected chi connectivity index (χ0v) is 5.35. The van der Waals surface area contributed by atoms with Gasteiger partial charge in [0.2, 0.25) is 0 Å². The van der Waals surface area contributed by atoms with E-state index in [4.69, 9.17) is 0 Å². The second kappa shape index (κ2) is 3.36. The van der Waals surface area contributed by atoms with Crippen LogP contribution in [0.4, 0.5) is 0 Å². The molecule has 0 N–H and O–H groups in total. The van der Waals surface area contributed by atoms with Crippen LogP contribution >= 0.6 is 0 Å². The van der Waals surface area contributed by atoms with Crippen molar-refractivity contribution in [3.63, 3.8) is 0 Å². The third-order valence-electron chi connectivity index (χ3n) is 1.19. The quantitative estimate of drug-likeness (QED) is 0.406. The molecular weight excluding hydrogens is 102 g/mol. The smallest absolute Gasteiger partial charge is 0.0873 e. The third kappa shape index (κ3) is 2.50. The van der Waals surface area contributed by atoms with Crippen LogP contribution in [0.3, 0.4) is 0 Å². The molecule has 46 valence electrons. The Kier molecular flexibility index (Phi) is 3.08. The van der Waals surface area contributed by atoms with Gasteiger partial charge in [-0.15, -0.1) is 0 Å². The maximum atomic E-state index is 9.63. The Hall–Kier alpha value is -0.660. The summed E-state index contributed by atoms with van der Waals surface area (Å²) in [6, 6.07) is 0. The molecule has 0 aromatic rings. The van der Waals surface area contributed by atoms with E-state index in [-0.39, 0.29) is 5.92 Å². The van der Waals surface area contributed by atoms with E-state index in [2.05, 4.69) is 11.8 Å². The molecule has 0 saturated carbocycles. The lowest BCUT2D eigenvalue weighted by Gasteiger charge is -2.02. The van der Waals surface area contributed by atoms with Crippen LogP contribution in [0.2, 0.25) is 0 Å². The first-order chi connectivity index (χ1) is 3.68. The van der Waals surface area contributed by atoms with Crippen molar-refractivity contribution in [3.8, 4) is 0 Å². The summed E-state index contributed by atoms with van der Waals surface area (Å²) < 4.78 is 0. The number of rotatable bonds is 3. The molecule has 2 heteroatoms. The lowest BCUT2D eigenvalue weighted by Crippen LogP contribution is -1.97. The maximum absolute atomic E-state index is 9.63. The summed E-state index contributed by atoms with van der Waals surface area (Å²) >= 11 is 0. The fraction of sp³-hybridized carbons (Fsp3) is 0.667. The minimum atomic E-state index is 0.243. The van der Waals surface area contributed by atoms with E-state index in [0.29, 0.717) is 6.54 Å². The second-order valence-corrected chi connectivity index (χ2v) is 2.06. The van der Waals surface area contributed by atoms with Gasteiger partial charge in [0.05, 0.1) is 6.54 Å². The molecule has 0 aromatic carbocycles. The van der Waals surface area contributed by atoms with Gasteiger partial charge in [-0.25, -0.2) is 0 Å². The zero-order chi connectivity index (χ0) is 6.57. The molecule has 2 nitrogen and oxygen atoms in total. The highest BCUT2D eigenvalue weighted by Gasteiger charge is 1.99. The first kappa shape index (κ1) is 7.34. The largest absolute Gasteiger partial charge is 0.151 e. The molecule has 0 aliphatic carbocycles. The highest BCUT2D eigenvalue weighted by molar-refractivity contribution is 4.94. The van der Waals surface area contributed by atoms with E-state index >= 15 is 0 Å². The molecular formula is C6H11NO. The van der Waals surface area contributed by atoms with Crippen molar-refractivity contribution in [1.82, 2.24) is 0 Å². The lowest BCUT2D eigenvalue weighted by atomic mass is 10.1. The molecule has 0 aromatic heterocycles. The molecule has 0 radical (unpaired) electrons. The average molecular weight is 113 g/mol. The Morgan fingerprint density at radius 2 is 2.38 bits per heavy atom. The van der Waals surface area contributed by atoms with Crippen LogP contribution in [0, 0.1) is 10.8 Å². The normalized spacial score (nSPS) is 12.8. The first-order valence-corrected chi connectivity index (χ1v) is 2.63. The molecule has 0 spiro atoms. The monoisotopic (exact) mass is 113 g/mol. The summed E-state index contributed by atoms with van der Waals surface area (Å²) in [6.45, 7) is 7.86. The molecule has 0 fully saturated rings. The van der Waals surface area contributed by atoms with Gasteiger partial charge in [-0.2, -0.15) is 4.91 Å². The minimum Gasteiger partial charge on any atom is -0.151 e. The molecule has 0 aliphatic rings. The standard InChI is InChI=1S/C6H11NO/c1-5(2)6(3)4-7-8/h6H,1,4H2,2-3H3. The Morgan fingerprint density at radius 1 is 1.88 bits per heavy atom. The van der Waals surface area contributed by atoms with Crippen molar-refractivity contribution < 1.29 is 0 Å². The highest BCUT2D eigenvalue weighted by Crippen LogP contribution is 2.05. The van der Waals surface area contributed by atoms with Gasteiger partial charge < -0.3 is 0 Å². The Balaban J connectivity index is 3.46. The summed E-state index contributed by atoms with van der Waals surface area (Å²) in [7, 11) is 0. The van der Waals surface area contributed by atoms with Gasteiger partial charge in [-0.3, -0.25) is 0 Å².